The first kappa shape index (κ1) is 32.9. The van der Waals surface area contributed by atoms with E-state index in [0.717, 1.165) is 0 Å². The molecule has 4 atom stereocenters. The van der Waals surface area contributed by atoms with E-state index in [0.29, 0.717) is 27.0 Å². The fourth-order valence-corrected chi connectivity index (χ4v) is 8.23. The number of ether oxygens (including phenoxy) is 1. The number of carbonyl (C=O) groups excluding carboxylic acids is 2. The highest BCUT2D eigenvalue weighted by Gasteiger charge is 2.56. The first-order valence-electron chi connectivity index (χ1n) is 14.9. The number of fused-ring (bicyclic) bond motifs is 2. The summed E-state index contributed by atoms with van der Waals surface area (Å²) in [4.78, 5) is 41.5. The molecule has 0 radical (unpaired) electrons. The van der Waals surface area contributed by atoms with Crippen LogP contribution in [0, 0.1) is 0 Å². The monoisotopic (exact) mass is 702 g/mol. The van der Waals surface area contributed by atoms with E-state index in [-0.39, 0.29) is 34.3 Å². The van der Waals surface area contributed by atoms with Crippen LogP contribution in [-0.2, 0) is 13.6 Å². The molecule has 11 nitrogen and oxygen atoms in total. The van der Waals surface area contributed by atoms with Crippen molar-refractivity contribution in [1.82, 2.24) is 24.4 Å². The predicted molar refractivity (Wildman–Crippen MR) is 177 cm³/mol. The maximum absolute atomic E-state index is 13.5. The summed E-state index contributed by atoms with van der Waals surface area (Å²) in [5.74, 6) is -0.452. The van der Waals surface area contributed by atoms with E-state index >= 15 is 0 Å². The summed E-state index contributed by atoms with van der Waals surface area (Å²) in [5.41, 5.74) is 7.87. The summed E-state index contributed by atoms with van der Waals surface area (Å²) in [6.45, 7) is 21.8. The van der Waals surface area contributed by atoms with Crippen LogP contribution in [0.2, 0.25) is 36.3 Å². The summed E-state index contributed by atoms with van der Waals surface area (Å²) in [7, 11) is -4.87. The molecular weight excluding hydrogens is 660 g/mol. The zero-order valence-corrected chi connectivity index (χ0v) is 30.7. The number of nitrogen functional groups attached to an aromatic ring is 1. The number of hydrogen-bond donors (Lipinski definition) is 1. The minimum atomic E-state index is -2.43. The fourth-order valence-electron chi connectivity index (χ4n) is 5.07. The van der Waals surface area contributed by atoms with Crippen LogP contribution in [0.25, 0.3) is 11.2 Å². The lowest BCUT2D eigenvalue weighted by atomic mass is 10.1. The normalized spacial score (nSPS) is 23.2. The van der Waals surface area contributed by atoms with Crippen molar-refractivity contribution >= 4 is 61.4 Å². The Labute approximate surface area is 269 Å². The number of rotatable bonds is 7. The molecule has 0 bridgehead atoms. The van der Waals surface area contributed by atoms with E-state index in [9.17, 15) is 9.59 Å². The molecule has 2 aromatic heterocycles. The number of hydrogen-bond acceptors (Lipinski definition) is 9. The molecule has 14 heteroatoms. The van der Waals surface area contributed by atoms with Crippen molar-refractivity contribution in [3.8, 4) is 0 Å². The van der Waals surface area contributed by atoms with Crippen LogP contribution in [0.5, 0.6) is 0 Å². The van der Waals surface area contributed by atoms with Gasteiger partial charge in [-0.05, 0) is 64.3 Å². The van der Waals surface area contributed by atoms with Crippen LogP contribution in [0.1, 0.15) is 68.5 Å². The van der Waals surface area contributed by atoms with Crippen LogP contribution in [0.4, 0.5) is 5.82 Å². The summed E-state index contributed by atoms with van der Waals surface area (Å²) >= 11 is 3.61. The van der Waals surface area contributed by atoms with Gasteiger partial charge in [-0.15, -0.1) is 0 Å². The Kier molecular flexibility index (Phi) is 8.29. The van der Waals surface area contributed by atoms with Gasteiger partial charge in [-0.3, -0.25) is 19.1 Å². The van der Waals surface area contributed by atoms with Crippen molar-refractivity contribution in [3.63, 3.8) is 0 Å². The van der Waals surface area contributed by atoms with E-state index in [4.69, 9.17) is 19.3 Å². The second-order valence-corrected chi connectivity index (χ2v) is 24.9. The topological polar surface area (TPSA) is 135 Å². The Morgan fingerprint density at radius 1 is 0.909 bits per heavy atom. The lowest BCUT2D eigenvalue weighted by molar-refractivity contribution is -0.0387. The Morgan fingerprint density at radius 3 is 1.95 bits per heavy atom. The number of nitrogens with zero attached hydrogens (tertiary/aromatic N) is 5. The third-order valence-electron chi connectivity index (χ3n) is 9.72. The highest BCUT2D eigenvalue weighted by molar-refractivity contribution is 9.10. The molecule has 238 valence electrons. The largest absolute Gasteiger partial charge is 0.408 e. The quantitative estimate of drug-likeness (QED) is 0.175. The van der Waals surface area contributed by atoms with Gasteiger partial charge in [-0.2, -0.15) is 0 Å². The van der Waals surface area contributed by atoms with Crippen molar-refractivity contribution in [2.24, 2.45) is 0 Å². The van der Waals surface area contributed by atoms with Gasteiger partial charge in [0.2, 0.25) is 0 Å². The van der Waals surface area contributed by atoms with Gasteiger partial charge in [0.05, 0.1) is 17.7 Å². The third-order valence-corrected chi connectivity index (χ3v) is 19.2. The van der Waals surface area contributed by atoms with Crippen LogP contribution in [0.3, 0.4) is 0 Å². The molecule has 2 aliphatic rings. The van der Waals surface area contributed by atoms with E-state index in [2.05, 4.69) is 98.6 Å². The second kappa shape index (κ2) is 11.1. The molecule has 5 rings (SSSR count). The summed E-state index contributed by atoms with van der Waals surface area (Å²) in [5, 5.41) is -0.253. The van der Waals surface area contributed by atoms with Crippen molar-refractivity contribution in [2.75, 3.05) is 12.3 Å². The molecule has 2 amide bonds. The lowest BCUT2D eigenvalue weighted by Gasteiger charge is -2.44. The minimum absolute atomic E-state index is 0.000863. The van der Waals surface area contributed by atoms with E-state index in [1.807, 2.05) is 4.57 Å². The number of benzene rings is 1. The molecule has 1 saturated heterocycles. The Bertz CT molecular complexity index is 1580. The average molecular weight is 704 g/mol. The standard InChI is InChI=1S/C30H43BrN6O5Si2/c1-29(2,3)43(7,8)41-21-19(15-36-25(38)17-13-11-12-14-18(17)26(36)39)40-27(22(21)42-44(9,10)30(4,5)6)37-24-20(35-28(37)31)23(32)33-16-34-24/h11-14,16,19,21-22,27H,15H2,1-10H3,(H2,32,33,34)/t19-,21-,22?,27-/m1/s1. The zero-order chi connectivity index (χ0) is 32.6. The fraction of sp³-hybridized carbons (Fsp3) is 0.567. The summed E-state index contributed by atoms with van der Waals surface area (Å²) in [6.07, 6.45) is -1.29. The first-order valence-corrected chi connectivity index (χ1v) is 21.5. The third kappa shape index (κ3) is 5.57. The van der Waals surface area contributed by atoms with Crippen LogP contribution in [-0.4, -0.2) is 77.7 Å². The number of halogens is 1. The average Bonchev–Trinajstić information content (AvgIpc) is 3.49. The molecule has 1 aromatic carbocycles. The highest BCUT2D eigenvalue weighted by atomic mass is 79.9. The van der Waals surface area contributed by atoms with Gasteiger partial charge in [-0.25, -0.2) is 15.0 Å². The molecule has 44 heavy (non-hydrogen) atoms. The maximum atomic E-state index is 13.5. The lowest BCUT2D eigenvalue weighted by Crippen LogP contribution is -2.55. The molecule has 4 heterocycles. The van der Waals surface area contributed by atoms with Gasteiger partial charge in [0, 0.05) is 0 Å². The van der Waals surface area contributed by atoms with E-state index in [1.54, 1.807) is 24.3 Å². The number of anilines is 1. The molecule has 3 aromatic rings. The van der Waals surface area contributed by atoms with Crippen LogP contribution in [0.15, 0.2) is 35.3 Å². The second-order valence-electron chi connectivity index (χ2n) is 14.7. The Hall–Kier alpha value is -2.50. The number of imide groups is 1. The van der Waals surface area contributed by atoms with E-state index in [1.165, 1.54) is 11.2 Å². The van der Waals surface area contributed by atoms with Gasteiger partial charge in [0.15, 0.2) is 44.6 Å². The number of aromatic nitrogens is 4. The molecule has 1 unspecified atom stereocenters. The summed E-state index contributed by atoms with van der Waals surface area (Å²) < 4.78 is 23.5. The molecule has 2 aliphatic heterocycles. The van der Waals surface area contributed by atoms with Gasteiger partial charge in [-0.1, -0.05) is 53.7 Å². The Balaban J connectivity index is 1.65. The van der Waals surface area contributed by atoms with Crippen LogP contribution >= 0.6 is 15.9 Å². The van der Waals surface area contributed by atoms with Gasteiger partial charge in [0.25, 0.3) is 11.8 Å². The minimum Gasteiger partial charge on any atom is -0.408 e. The number of carbonyl (C=O) groups is 2. The zero-order valence-electron chi connectivity index (χ0n) is 27.1. The highest BCUT2D eigenvalue weighted by Crippen LogP contribution is 2.47. The Morgan fingerprint density at radius 2 is 1.43 bits per heavy atom. The molecule has 1 fully saturated rings. The SMILES string of the molecule is CC(C)(C)[Si](C)(C)OC1[C@H](n2c(Br)nc3c(N)ncnc32)O[C@H](CN2C(=O)c3ccccc3C2=O)[C@H]1O[Si](C)(C)C(C)(C)C. The van der Waals surface area contributed by atoms with Gasteiger partial charge in [0.1, 0.15) is 24.6 Å². The van der Waals surface area contributed by atoms with Crippen molar-refractivity contribution in [2.45, 2.75) is 102 Å². The number of imidazole rings is 1. The summed E-state index contributed by atoms with van der Waals surface area (Å²) in [6, 6.07) is 6.88. The molecule has 0 saturated carbocycles. The van der Waals surface area contributed by atoms with Gasteiger partial charge < -0.3 is 19.3 Å². The number of nitrogens with two attached hydrogens (primary N) is 1. The van der Waals surface area contributed by atoms with Crippen molar-refractivity contribution < 1.29 is 23.2 Å². The predicted octanol–water partition coefficient (Wildman–Crippen LogP) is 6.15. The first-order chi connectivity index (χ1) is 20.2. The smallest absolute Gasteiger partial charge is 0.261 e. The molecule has 2 N–H and O–H groups in total. The van der Waals surface area contributed by atoms with E-state index < -0.39 is 41.2 Å². The molecule has 0 spiro atoms. The van der Waals surface area contributed by atoms with Crippen LogP contribution < -0.4 is 5.73 Å². The number of amides is 2. The van der Waals surface area contributed by atoms with Crippen molar-refractivity contribution in [1.29, 1.82) is 0 Å². The molecular formula is C30H43BrN6O5Si2. The van der Waals surface area contributed by atoms with Gasteiger partial charge >= 0.3 is 0 Å². The maximum Gasteiger partial charge on any atom is 0.261 e. The van der Waals surface area contributed by atoms with Crippen molar-refractivity contribution in [3.05, 3.63) is 46.5 Å². The molecule has 0 aliphatic carbocycles.